The van der Waals surface area contributed by atoms with Crippen LogP contribution in [0, 0.1) is 25.7 Å². The highest BCUT2D eigenvalue weighted by atomic mass is 19.4. The molecule has 0 N–H and O–H groups in total. The van der Waals surface area contributed by atoms with Crippen molar-refractivity contribution in [2.45, 2.75) is 33.4 Å². The second kappa shape index (κ2) is 7.92. The molecule has 7 heteroatoms. The second-order valence-corrected chi connectivity index (χ2v) is 6.50. The summed E-state index contributed by atoms with van der Waals surface area (Å²) in [6, 6.07) is 6.19. The molecule has 3 heterocycles. The lowest BCUT2D eigenvalue weighted by Crippen LogP contribution is -2.07. The Kier molecular flexibility index (Phi) is 5.55. The van der Waals surface area contributed by atoms with Crippen LogP contribution in [0.2, 0.25) is 0 Å². The Balaban J connectivity index is 2.08. The van der Waals surface area contributed by atoms with Gasteiger partial charge in [0, 0.05) is 17.5 Å². The van der Waals surface area contributed by atoms with Crippen molar-refractivity contribution in [2.24, 2.45) is 0 Å². The molecule has 3 rings (SSSR count). The fourth-order valence-electron chi connectivity index (χ4n) is 2.72. The number of imidazole rings is 1. The summed E-state index contributed by atoms with van der Waals surface area (Å²) in [5, 5.41) is 0. The van der Waals surface area contributed by atoms with E-state index in [-0.39, 0.29) is 5.56 Å². The summed E-state index contributed by atoms with van der Waals surface area (Å²) in [4.78, 5) is 12.3. The fourth-order valence-corrected chi connectivity index (χ4v) is 2.72. The zero-order valence-electron chi connectivity index (χ0n) is 16.3. The zero-order valence-corrected chi connectivity index (χ0v) is 16.3. The number of hydrogen-bond donors (Lipinski definition) is 0. The minimum Gasteiger partial charge on any atom is -0.294 e. The van der Waals surface area contributed by atoms with Crippen LogP contribution in [0.1, 0.15) is 47.5 Å². The third-order valence-corrected chi connectivity index (χ3v) is 4.38. The summed E-state index contributed by atoms with van der Waals surface area (Å²) in [6.45, 7) is 9.81. The molecule has 0 aliphatic heterocycles. The summed E-state index contributed by atoms with van der Waals surface area (Å²) in [6.07, 6.45) is -0.978. The van der Waals surface area contributed by atoms with Gasteiger partial charge in [-0.25, -0.2) is 4.98 Å². The van der Waals surface area contributed by atoms with Crippen molar-refractivity contribution in [3.63, 3.8) is 0 Å². The Morgan fingerprint density at radius 2 is 1.90 bits per heavy atom. The van der Waals surface area contributed by atoms with Crippen molar-refractivity contribution in [1.29, 1.82) is 0 Å². The number of hydrogen-bond acceptors (Lipinski definition) is 3. The average Bonchev–Trinajstić information content (AvgIpc) is 3.02. The number of halogens is 3. The number of alkyl halides is 3. The number of allylic oxidation sites excluding steroid dienone is 1. The largest absolute Gasteiger partial charge is 0.433 e. The predicted molar refractivity (Wildman–Crippen MR) is 105 cm³/mol. The monoisotopic (exact) mass is 396 g/mol. The van der Waals surface area contributed by atoms with Crippen LogP contribution >= 0.6 is 0 Å². The van der Waals surface area contributed by atoms with Gasteiger partial charge in [-0.1, -0.05) is 19.4 Å². The van der Waals surface area contributed by atoms with Crippen LogP contribution in [0.15, 0.2) is 43.2 Å². The summed E-state index contributed by atoms with van der Waals surface area (Å²) in [7, 11) is 0. The van der Waals surface area contributed by atoms with Gasteiger partial charge in [0.1, 0.15) is 17.2 Å². The molecule has 0 saturated carbocycles. The molecule has 0 unspecified atom stereocenters. The Labute approximate surface area is 167 Å². The molecule has 4 nitrogen and oxygen atoms in total. The van der Waals surface area contributed by atoms with Gasteiger partial charge in [-0.3, -0.25) is 14.5 Å². The number of pyridine rings is 2. The fraction of sp³-hybridized carbons (Fsp3) is 0.227. The number of nitrogens with zero attached hydrogens (tertiary/aromatic N) is 4. The van der Waals surface area contributed by atoms with Gasteiger partial charge in [-0.05, 0) is 56.0 Å². The lowest BCUT2D eigenvalue weighted by atomic mass is 10.2. The lowest BCUT2D eigenvalue weighted by Gasteiger charge is -2.10. The van der Waals surface area contributed by atoms with Crippen LogP contribution in [-0.4, -0.2) is 19.5 Å². The van der Waals surface area contributed by atoms with Crippen LogP contribution in [0.5, 0.6) is 0 Å². The molecule has 29 heavy (non-hydrogen) atoms. The third kappa shape index (κ3) is 4.37. The average molecular weight is 396 g/mol. The minimum atomic E-state index is -4.51. The van der Waals surface area contributed by atoms with E-state index in [4.69, 9.17) is 0 Å². The van der Waals surface area contributed by atoms with Gasteiger partial charge in [0.15, 0.2) is 0 Å². The highest BCUT2D eigenvalue weighted by molar-refractivity contribution is 5.62. The minimum absolute atomic E-state index is 0.217. The van der Waals surface area contributed by atoms with E-state index in [2.05, 4.69) is 33.4 Å². The maximum absolute atomic E-state index is 12.9. The summed E-state index contributed by atoms with van der Waals surface area (Å²) < 4.78 is 40.5. The van der Waals surface area contributed by atoms with Crippen molar-refractivity contribution >= 4 is 5.57 Å². The van der Waals surface area contributed by atoms with Gasteiger partial charge in [-0.15, -0.1) is 0 Å². The van der Waals surface area contributed by atoms with E-state index < -0.39 is 11.9 Å². The first kappa shape index (κ1) is 20.3. The molecule has 148 valence electrons. The molecule has 0 radical (unpaired) electrons. The molecule has 0 bridgehead atoms. The molecule has 3 aromatic heterocycles. The quantitative estimate of drug-likeness (QED) is 0.577. The first-order valence-electron chi connectivity index (χ1n) is 8.96. The zero-order chi connectivity index (χ0) is 21.2. The Morgan fingerprint density at radius 3 is 2.52 bits per heavy atom. The van der Waals surface area contributed by atoms with Gasteiger partial charge in [0.2, 0.25) is 0 Å². The standard InChI is InChI=1S/C22H19F3N4/c1-5-14(2)21-28-19(16(4)29(21)18-8-6-15(3)27-13-18)9-7-17-10-11-26-20(12-17)22(23,24)25/h6,8,10-13H,2,5H2,1,3-4H3. The van der Waals surface area contributed by atoms with E-state index in [9.17, 15) is 13.2 Å². The van der Waals surface area contributed by atoms with Crippen molar-refractivity contribution in [1.82, 2.24) is 19.5 Å². The van der Waals surface area contributed by atoms with Gasteiger partial charge < -0.3 is 0 Å². The third-order valence-electron chi connectivity index (χ3n) is 4.38. The molecule has 0 amide bonds. The van der Waals surface area contributed by atoms with E-state index in [1.807, 2.05) is 37.5 Å². The summed E-state index contributed by atoms with van der Waals surface area (Å²) in [5.41, 5.74) is 3.01. The second-order valence-electron chi connectivity index (χ2n) is 6.50. The Bertz CT molecular complexity index is 1110. The van der Waals surface area contributed by atoms with Crippen molar-refractivity contribution < 1.29 is 13.2 Å². The van der Waals surface area contributed by atoms with Crippen molar-refractivity contribution in [2.75, 3.05) is 0 Å². The van der Waals surface area contributed by atoms with Gasteiger partial charge >= 0.3 is 6.18 Å². The molecule has 0 fully saturated rings. The van der Waals surface area contributed by atoms with E-state index in [0.717, 1.165) is 34.9 Å². The van der Waals surface area contributed by atoms with Crippen molar-refractivity contribution in [3.05, 3.63) is 77.4 Å². The van der Waals surface area contributed by atoms with Crippen LogP contribution in [-0.2, 0) is 6.18 Å². The van der Waals surface area contributed by atoms with E-state index in [0.29, 0.717) is 17.9 Å². The Morgan fingerprint density at radius 1 is 1.14 bits per heavy atom. The molecule has 0 aromatic carbocycles. The lowest BCUT2D eigenvalue weighted by molar-refractivity contribution is -0.141. The molecule has 0 spiro atoms. The van der Waals surface area contributed by atoms with Gasteiger partial charge in [0.05, 0.1) is 17.6 Å². The Hall–Kier alpha value is -3.40. The molecule has 0 aliphatic rings. The van der Waals surface area contributed by atoms with Crippen LogP contribution in [0.3, 0.4) is 0 Å². The maximum atomic E-state index is 12.9. The van der Waals surface area contributed by atoms with Crippen LogP contribution in [0.4, 0.5) is 13.2 Å². The first-order chi connectivity index (χ1) is 13.7. The van der Waals surface area contributed by atoms with Gasteiger partial charge in [0.25, 0.3) is 0 Å². The topological polar surface area (TPSA) is 43.6 Å². The number of rotatable bonds is 3. The number of aryl methyl sites for hydroxylation is 1. The SMILES string of the molecule is C=C(CC)c1nc(C#Cc2ccnc(C(F)(F)F)c2)c(C)n1-c1ccc(C)nc1. The molecular weight excluding hydrogens is 377 g/mol. The smallest absolute Gasteiger partial charge is 0.294 e. The summed E-state index contributed by atoms with van der Waals surface area (Å²) >= 11 is 0. The molecular formula is C22H19F3N4. The van der Waals surface area contributed by atoms with Crippen LogP contribution < -0.4 is 0 Å². The van der Waals surface area contributed by atoms with Crippen molar-refractivity contribution in [3.8, 4) is 17.5 Å². The van der Waals surface area contributed by atoms with Gasteiger partial charge in [-0.2, -0.15) is 13.2 Å². The molecule has 0 saturated heterocycles. The highest BCUT2D eigenvalue weighted by Crippen LogP contribution is 2.28. The molecule has 0 aliphatic carbocycles. The van der Waals surface area contributed by atoms with Crippen LogP contribution in [0.25, 0.3) is 11.3 Å². The van der Waals surface area contributed by atoms with E-state index in [1.165, 1.54) is 6.07 Å². The summed E-state index contributed by atoms with van der Waals surface area (Å²) in [5.74, 6) is 6.31. The predicted octanol–water partition coefficient (Wildman–Crippen LogP) is 5.12. The first-order valence-corrected chi connectivity index (χ1v) is 8.96. The number of aromatic nitrogens is 4. The van der Waals surface area contributed by atoms with E-state index in [1.54, 1.807) is 6.20 Å². The van der Waals surface area contributed by atoms with E-state index >= 15 is 0 Å². The molecule has 0 atom stereocenters. The normalized spacial score (nSPS) is 11.1. The molecule has 3 aromatic rings. The highest BCUT2D eigenvalue weighted by Gasteiger charge is 2.32. The maximum Gasteiger partial charge on any atom is 0.433 e.